The molecule has 0 atom stereocenters. The van der Waals surface area contributed by atoms with Crippen LogP contribution in [0.1, 0.15) is 18.1 Å². The van der Waals surface area contributed by atoms with E-state index in [9.17, 15) is 0 Å². The maximum absolute atomic E-state index is 5.81. The predicted octanol–water partition coefficient (Wildman–Crippen LogP) is 4.04. The van der Waals surface area contributed by atoms with Gasteiger partial charge in [0.2, 0.25) is 0 Å². The van der Waals surface area contributed by atoms with Crippen molar-refractivity contribution in [2.45, 2.75) is 20.8 Å². The minimum atomic E-state index is 0.816. The van der Waals surface area contributed by atoms with Gasteiger partial charge in [0.25, 0.3) is 0 Å². The molecule has 2 aromatic carbocycles. The molecule has 0 aliphatic carbocycles. The normalized spacial score (nSPS) is 10.4. The van der Waals surface area contributed by atoms with Crippen molar-refractivity contribution >= 4 is 17.1 Å². The highest BCUT2D eigenvalue weighted by molar-refractivity contribution is 5.68. The Morgan fingerprint density at radius 2 is 1.67 bits per heavy atom. The smallest absolute Gasteiger partial charge is 0.0441 e. The average molecular weight is 240 g/mol. The number of benzene rings is 2. The fraction of sp³-hybridized carbons (Fsp3) is 0.250. The van der Waals surface area contributed by atoms with Crippen LogP contribution < -0.4 is 10.6 Å². The minimum Gasteiger partial charge on any atom is -0.399 e. The van der Waals surface area contributed by atoms with Gasteiger partial charge in [-0.1, -0.05) is 17.7 Å². The van der Waals surface area contributed by atoms with E-state index in [1.54, 1.807) is 0 Å². The van der Waals surface area contributed by atoms with Gasteiger partial charge in [-0.15, -0.1) is 0 Å². The lowest BCUT2D eigenvalue weighted by Gasteiger charge is -2.25. The zero-order chi connectivity index (χ0) is 13.1. The molecule has 0 saturated heterocycles. The highest BCUT2D eigenvalue weighted by Crippen LogP contribution is 2.29. The molecule has 2 rings (SSSR count). The third-order valence-electron chi connectivity index (χ3n) is 3.17. The first-order chi connectivity index (χ1) is 8.61. The van der Waals surface area contributed by atoms with Crippen LogP contribution in [-0.2, 0) is 0 Å². The Balaban J connectivity index is 2.41. The van der Waals surface area contributed by atoms with E-state index in [0.717, 1.165) is 12.2 Å². The zero-order valence-electron chi connectivity index (χ0n) is 11.3. The van der Waals surface area contributed by atoms with Gasteiger partial charge in [-0.05, 0) is 56.7 Å². The number of nitrogens with zero attached hydrogens (tertiary/aromatic N) is 1. The van der Waals surface area contributed by atoms with Crippen molar-refractivity contribution < 1.29 is 0 Å². The Morgan fingerprint density at radius 1 is 1.00 bits per heavy atom. The van der Waals surface area contributed by atoms with E-state index < -0.39 is 0 Å². The summed E-state index contributed by atoms with van der Waals surface area (Å²) in [6.45, 7) is 7.31. The molecule has 94 valence electrons. The van der Waals surface area contributed by atoms with Crippen LogP contribution in [0.15, 0.2) is 42.5 Å². The molecule has 2 aromatic rings. The second-order valence-corrected chi connectivity index (χ2v) is 4.63. The second kappa shape index (κ2) is 5.13. The van der Waals surface area contributed by atoms with Crippen LogP contribution in [0.5, 0.6) is 0 Å². The number of hydrogen-bond donors (Lipinski definition) is 1. The van der Waals surface area contributed by atoms with Crippen LogP contribution in [0.2, 0.25) is 0 Å². The van der Waals surface area contributed by atoms with Gasteiger partial charge in [-0.25, -0.2) is 0 Å². The molecule has 2 N–H and O–H groups in total. The van der Waals surface area contributed by atoms with Gasteiger partial charge in [0.05, 0.1) is 0 Å². The van der Waals surface area contributed by atoms with E-state index in [1.807, 2.05) is 12.1 Å². The van der Waals surface area contributed by atoms with Gasteiger partial charge >= 0.3 is 0 Å². The Labute approximate surface area is 109 Å². The molecule has 0 unspecified atom stereocenters. The molecule has 0 fully saturated rings. The molecule has 0 saturated carbocycles. The molecule has 2 nitrogen and oxygen atoms in total. The monoisotopic (exact) mass is 240 g/mol. The average Bonchev–Trinajstić information content (AvgIpc) is 2.35. The van der Waals surface area contributed by atoms with Crippen LogP contribution in [0.3, 0.4) is 0 Å². The van der Waals surface area contributed by atoms with E-state index in [4.69, 9.17) is 5.73 Å². The molecule has 0 aliphatic heterocycles. The predicted molar refractivity (Wildman–Crippen MR) is 79.5 cm³/mol. The second-order valence-electron chi connectivity index (χ2n) is 4.63. The van der Waals surface area contributed by atoms with Gasteiger partial charge < -0.3 is 10.6 Å². The maximum Gasteiger partial charge on any atom is 0.0441 e. The summed E-state index contributed by atoms with van der Waals surface area (Å²) < 4.78 is 0. The highest BCUT2D eigenvalue weighted by atomic mass is 15.1. The SMILES string of the molecule is CCN(c1ccc(C)cc1)c1ccc(N)cc1C. The summed E-state index contributed by atoms with van der Waals surface area (Å²) in [5.41, 5.74) is 11.5. The summed E-state index contributed by atoms with van der Waals surface area (Å²) in [7, 11) is 0. The summed E-state index contributed by atoms with van der Waals surface area (Å²) in [5.74, 6) is 0. The van der Waals surface area contributed by atoms with Gasteiger partial charge in [0.1, 0.15) is 0 Å². The molecular weight excluding hydrogens is 220 g/mol. The quantitative estimate of drug-likeness (QED) is 0.820. The lowest BCUT2D eigenvalue weighted by Crippen LogP contribution is -2.17. The summed E-state index contributed by atoms with van der Waals surface area (Å²) in [5, 5.41) is 0. The molecule has 18 heavy (non-hydrogen) atoms. The van der Waals surface area contributed by atoms with Gasteiger partial charge in [0, 0.05) is 23.6 Å². The van der Waals surface area contributed by atoms with Crippen molar-refractivity contribution in [1.29, 1.82) is 0 Å². The number of nitrogens with two attached hydrogens (primary N) is 1. The Kier molecular flexibility index (Phi) is 3.56. The molecule has 0 heterocycles. The topological polar surface area (TPSA) is 29.3 Å². The van der Waals surface area contributed by atoms with Gasteiger partial charge in [-0.2, -0.15) is 0 Å². The highest BCUT2D eigenvalue weighted by Gasteiger charge is 2.09. The number of rotatable bonds is 3. The summed E-state index contributed by atoms with van der Waals surface area (Å²) in [4.78, 5) is 2.30. The largest absolute Gasteiger partial charge is 0.399 e. The first kappa shape index (κ1) is 12.5. The number of aryl methyl sites for hydroxylation is 2. The van der Waals surface area contributed by atoms with Crippen LogP contribution in [-0.4, -0.2) is 6.54 Å². The minimum absolute atomic E-state index is 0.816. The summed E-state index contributed by atoms with van der Waals surface area (Å²) >= 11 is 0. The molecule has 0 amide bonds. The summed E-state index contributed by atoms with van der Waals surface area (Å²) in [6.07, 6.45) is 0. The number of nitrogen functional groups attached to an aromatic ring is 1. The van der Waals surface area contributed by atoms with Crippen LogP contribution in [0.4, 0.5) is 17.1 Å². The molecule has 0 aromatic heterocycles. The van der Waals surface area contributed by atoms with Crippen molar-refractivity contribution in [3.05, 3.63) is 53.6 Å². The van der Waals surface area contributed by atoms with Crippen molar-refractivity contribution in [2.24, 2.45) is 0 Å². The lowest BCUT2D eigenvalue weighted by molar-refractivity contribution is 1.01. The number of hydrogen-bond acceptors (Lipinski definition) is 2. The van der Waals surface area contributed by atoms with Gasteiger partial charge in [-0.3, -0.25) is 0 Å². The van der Waals surface area contributed by atoms with E-state index in [2.05, 4.69) is 56.0 Å². The van der Waals surface area contributed by atoms with E-state index in [-0.39, 0.29) is 0 Å². The molecular formula is C16H20N2. The fourth-order valence-electron chi connectivity index (χ4n) is 2.20. The molecule has 0 bridgehead atoms. The standard InChI is InChI=1S/C16H20N2/c1-4-18(15-8-5-12(2)6-9-15)16-10-7-14(17)11-13(16)3/h5-11H,4,17H2,1-3H3. The Hall–Kier alpha value is -1.96. The first-order valence-electron chi connectivity index (χ1n) is 6.32. The third kappa shape index (κ3) is 2.48. The fourth-order valence-corrected chi connectivity index (χ4v) is 2.20. The molecule has 2 heteroatoms. The van der Waals surface area contributed by atoms with Crippen molar-refractivity contribution in [3.8, 4) is 0 Å². The van der Waals surface area contributed by atoms with Gasteiger partial charge in [0.15, 0.2) is 0 Å². The van der Waals surface area contributed by atoms with Crippen LogP contribution >= 0.6 is 0 Å². The first-order valence-corrected chi connectivity index (χ1v) is 6.32. The Morgan fingerprint density at radius 3 is 2.22 bits per heavy atom. The molecule has 0 spiro atoms. The van der Waals surface area contributed by atoms with Crippen LogP contribution in [0.25, 0.3) is 0 Å². The van der Waals surface area contributed by atoms with E-state index in [1.165, 1.54) is 22.5 Å². The van der Waals surface area contributed by atoms with E-state index >= 15 is 0 Å². The number of anilines is 3. The van der Waals surface area contributed by atoms with Crippen molar-refractivity contribution in [3.63, 3.8) is 0 Å². The molecule has 0 aliphatic rings. The van der Waals surface area contributed by atoms with Crippen LogP contribution in [0, 0.1) is 13.8 Å². The van der Waals surface area contributed by atoms with E-state index in [0.29, 0.717) is 0 Å². The van der Waals surface area contributed by atoms with Crippen molar-refractivity contribution in [2.75, 3.05) is 17.2 Å². The lowest BCUT2D eigenvalue weighted by atomic mass is 10.1. The Bertz CT molecular complexity index is 529. The zero-order valence-corrected chi connectivity index (χ0v) is 11.3. The maximum atomic E-state index is 5.81. The summed E-state index contributed by atoms with van der Waals surface area (Å²) in [6, 6.07) is 14.7. The third-order valence-corrected chi connectivity index (χ3v) is 3.17. The molecule has 0 radical (unpaired) electrons. The van der Waals surface area contributed by atoms with Crippen molar-refractivity contribution in [1.82, 2.24) is 0 Å².